The van der Waals surface area contributed by atoms with Crippen LogP contribution in [0.3, 0.4) is 0 Å². The Morgan fingerprint density at radius 2 is 2.10 bits per heavy atom. The van der Waals surface area contributed by atoms with Gasteiger partial charge in [-0.3, -0.25) is 9.59 Å². The van der Waals surface area contributed by atoms with Crippen molar-refractivity contribution in [3.05, 3.63) is 32.6 Å². The molecule has 1 fully saturated rings. The number of hydrogen-bond acceptors (Lipinski definition) is 3. The van der Waals surface area contributed by atoms with E-state index in [0.717, 1.165) is 29.6 Å². The van der Waals surface area contributed by atoms with Crippen molar-refractivity contribution in [3.8, 4) is 0 Å². The number of hydrogen-bond donors (Lipinski definition) is 2. The van der Waals surface area contributed by atoms with Crippen molar-refractivity contribution in [1.82, 2.24) is 14.1 Å². The summed E-state index contributed by atoms with van der Waals surface area (Å²) in [5.74, 6) is -0.641. The molecule has 0 spiro atoms. The SMILES string of the molecule is Cc1cc2[nH]c(=O)n(CC(=O)O)c(=O)c2n1CC1CC1. The van der Waals surface area contributed by atoms with Gasteiger partial charge in [-0.05, 0) is 31.7 Å². The number of nitrogens with zero attached hydrogens (tertiary/aromatic N) is 2. The van der Waals surface area contributed by atoms with Crippen LogP contribution in [-0.2, 0) is 17.9 Å². The molecule has 0 bridgehead atoms. The molecule has 0 atom stereocenters. The van der Waals surface area contributed by atoms with Crippen molar-refractivity contribution < 1.29 is 9.90 Å². The minimum atomic E-state index is -1.21. The van der Waals surface area contributed by atoms with Crippen molar-refractivity contribution >= 4 is 17.0 Å². The molecule has 1 aliphatic rings. The zero-order valence-corrected chi connectivity index (χ0v) is 11.0. The highest BCUT2D eigenvalue weighted by molar-refractivity contribution is 5.76. The lowest BCUT2D eigenvalue weighted by atomic mass is 10.4. The number of H-pyrrole nitrogens is 1. The van der Waals surface area contributed by atoms with Crippen LogP contribution in [0.1, 0.15) is 18.5 Å². The number of rotatable bonds is 4. The number of aromatic nitrogens is 3. The highest BCUT2D eigenvalue weighted by Gasteiger charge is 2.24. The quantitative estimate of drug-likeness (QED) is 0.839. The molecule has 0 amide bonds. The van der Waals surface area contributed by atoms with Gasteiger partial charge in [0.05, 0.1) is 5.52 Å². The maximum atomic E-state index is 12.4. The predicted molar refractivity (Wildman–Crippen MR) is 71.9 cm³/mol. The molecule has 0 saturated heterocycles. The van der Waals surface area contributed by atoms with Gasteiger partial charge < -0.3 is 14.7 Å². The number of aryl methyl sites for hydroxylation is 1. The van der Waals surface area contributed by atoms with Crippen LogP contribution in [-0.4, -0.2) is 25.2 Å². The molecule has 7 heteroatoms. The van der Waals surface area contributed by atoms with E-state index < -0.39 is 23.8 Å². The molecular weight excluding hydrogens is 262 g/mol. The number of aliphatic carboxylic acids is 1. The van der Waals surface area contributed by atoms with Crippen LogP contribution in [0.25, 0.3) is 11.0 Å². The van der Waals surface area contributed by atoms with Gasteiger partial charge in [-0.25, -0.2) is 9.36 Å². The van der Waals surface area contributed by atoms with Crippen LogP contribution in [0.4, 0.5) is 0 Å². The van der Waals surface area contributed by atoms with Gasteiger partial charge in [0, 0.05) is 12.2 Å². The van der Waals surface area contributed by atoms with Crippen LogP contribution in [0.15, 0.2) is 15.7 Å². The van der Waals surface area contributed by atoms with Crippen molar-refractivity contribution in [1.29, 1.82) is 0 Å². The summed E-state index contributed by atoms with van der Waals surface area (Å²) in [6.45, 7) is 1.99. The van der Waals surface area contributed by atoms with Crippen LogP contribution in [0, 0.1) is 12.8 Å². The van der Waals surface area contributed by atoms with E-state index in [4.69, 9.17) is 5.11 Å². The summed E-state index contributed by atoms with van der Waals surface area (Å²) in [5, 5.41) is 8.80. The lowest BCUT2D eigenvalue weighted by Gasteiger charge is -2.07. The Kier molecular flexibility index (Phi) is 2.77. The number of aromatic amines is 1. The Balaban J connectivity index is 2.25. The number of carbonyl (C=O) groups is 1. The fourth-order valence-electron chi connectivity index (χ4n) is 2.48. The van der Waals surface area contributed by atoms with Gasteiger partial charge in [0.15, 0.2) is 0 Å². The van der Waals surface area contributed by atoms with Gasteiger partial charge in [-0.2, -0.15) is 0 Å². The lowest BCUT2D eigenvalue weighted by Crippen LogP contribution is -2.37. The molecule has 3 rings (SSSR count). The van der Waals surface area contributed by atoms with Crippen LogP contribution < -0.4 is 11.2 Å². The summed E-state index contributed by atoms with van der Waals surface area (Å²) >= 11 is 0. The monoisotopic (exact) mass is 277 g/mol. The predicted octanol–water partition coefficient (Wildman–Crippen LogP) is 0.294. The van der Waals surface area contributed by atoms with Crippen LogP contribution >= 0.6 is 0 Å². The number of carboxylic acid groups (broad SMARTS) is 1. The maximum absolute atomic E-state index is 12.4. The highest BCUT2D eigenvalue weighted by atomic mass is 16.4. The molecule has 1 aliphatic carbocycles. The largest absolute Gasteiger partial charge is 0.480 e. The first kappa shape index (κ1) is 12.7. The molecule has 0 aromatic carbocycles. The summed E-state index contributed by atoms with van der Waals surface area (Å²) < 4.78 is 2.61. The van der Waals surface area contributed by atoms with Gasteiger partial charge in [0.2, 0.25) is 0 Å². The van der Waals surface area contributed by atoms with Crippen LogP contribution in [0.5, 0.6) is 0 Å². The van der Waals surface area contributed by atoms with E-state index in [0.29, 0.717) is 17.0 Å². The molecule has 2 aromatic rings. The first-order chi connectivity index (χ1) is 9.47. The Hall–Kier alpha value is -2.31. The fourth-order valence-corrected chi connectivity index (χ4v) is 2.48. The molecule has 0 unspecified atom stereocenters. The van der Waals surface area contributed by atoms with Gasteiger partial charge in [0.25, 0.3) is 5.56 Å². The average Bonchev–Trinajstić information content (AvgIpc) is 3.11. The van der Waals surface area contributed by atoms with E-state index in [9.17, 15) is 14.4 Å². The first-order valence-electron chi connectivity index (χ1n) is 6.52. The summed E-state index contributed by atoms with van der Waals surface area (Å²) in [7, 11) is 0. The van der Waals surface area contributed by atoms with Gasteiger partial charge in [0.1, 0.15) is 12.1 Å². The second-order valence-electron chi connectivity index (χ2n) is 5.32. The molecule has 2 N–H and O–H groups in total. The average molecular weight is 277 g/mol. The third-order valence-electron chi connectivity index (χ3n) is 3.67. The maximum Gasteiger partial charge on any atom is 0.329 e. The smallest absolute Gasteiger partial charge is 0.329 e. The first-order valence-corrected chi connectivity index (χ1v) is 6.52. The minimum Gasteiger partial charge on any atom is -0.480 e. The zero-order chi connectivity index (χ0) is 14.4. The Bertz CT molecular complexity index is 807. The summed E-state index contributed by atoms with van der Waals surface area (Å²) in [4.78, 5) is 37.5. The number of carboxylic acids is 1. The third kappa shape index (κ3) is 2.04. The van der Waals surface area contributed by atoms with E-state index >= 15 is 0 Å². The van der Waals surface area contributed by atoms with E-state index in [-0.39, 0.29) is 0 Å². The van der Waals surface area contributed by atoms with E-state index in [1.165, 1.54) is 0 Å². The van der Waals surface area contributed by atoms with Crippen molar-refractivity contribution in [3.63, 3.8) is 0 Å². The molecular formula is C13H15N3O4. The van der Waals surface area contributed by atoms with Crippen molar-refractivity contribution in [2.45, 2.75) is 32.9 Å². The second kappa shape index (κ2) is 4.36. The summed E-state index contributed by atoms with van der Waals surface area (Å²) in [6, 6.07) is 1.76. The lowest BCUT2D eigenvalue weighted by molar-refractivity contribution is -0.137. The molecule has 7 nitrogen and oxygen atoms in total. The van der Waals surface area contributed by atoms with E-state index in [1.54, 1.807) is 6.07 Å². The molecule has 0 radical (unpaired) electrons. The Morgan fingerprint density at radius 1 is 1.40 bits per heavy atom. The third-order valence-corrected chi connectivity index (χ3v) is 3.67. The molecule has 1 saturated carbocycles. The summed E-state index contributed by atoms with van der Waals surface area (Å²) in [6.07, 6.45) is 2.29. The van der Waals surface area contributed by atoms with Crippen LogP contribution in [0.2, 0.25) is 0 Å². The molecule has 20 heavy (non-hydrogen) atoms. The van der Waals surface area contributed by atoms with E-state index in [2.05, 4.69) is 4.98 Å². The number of fused-ring (bicyclic) bond motifs is 1. The Morgan fingerprint density at radius 3 is 2.70 bits per heavy atom. The molecule has 0 aliphatic heterocycles. The normalized spacial score (nSPS) is 14.8. The minimum absolute atomic E-state index is 0.384. The topological polar surface area (TPSA) is 97.1 Å². The molecule has 2 aromatic heterocycles. The standard InChI is InChI=1S/C13H15N3O4/c1-7-4-9-11(15(7)5-8-2-3-8)12(19)16(6-10(17)18)13(20)14-9/h4,8H,2-3,5-6H2,1H3,(H,14,20)(H,17,18). The van der Waals surface area contributed by atoms with Gasteiger partial charge in [-0.15, -0.1) is 0 Å². The molecule has 2 heterocycles. The Labute approximate surface area is 113 Å². The highest BCUT2D eigenvalue weighted by Crippen LogP contribution is 2.32. The zero-order valence-electron chi connectivity index (χ0n) is 11.0. The van der Waals surface area contributed by atoms with Gasteiger partial charge >= 0.3 is 11.7 Å². The van der Waals surface area contributed by atoms with Crippen molar-refractivity contribution in [2.75, 3.05) is 0 Å². The molecule has 106 valence electrons. The fraction of sp³-hybridized carbons (Fsp3) is 0.462. The summed E-state index contributed by atoms with van der Waals surface area (Å²) in [5.41, 5.74) is 0.524. The van der Waals surface area contributed by atoms with Gasteiger partial charge in [-0.1, -0.05) is 0 Å². The van der Waals surface area contributed by atoms with E-state index in [1.807, 2.05) is 11.5 Å². The number of nitrogens with one attached hydrogen (secondary N) is 1. The second-order valence-corrected chi connectivity index (χ2v) is 5.32. The van der Waals surface area contributed by atoms with Crippen molar-refractivity contribution in [2.24, 2.45) is 5.92 Å².